The van der Waals surface area contributed by atoms with Crippen LogP contribution in [0, 0.1) is 5.82 Å². The van der Waals surface area contributed by atoms with Crippen LogP contribution >= 0.6 is 35.1 Å². The van der Waals surface area contributed by atoms with Gasteiger partial charge in [-0.1, -0.05) is 48.7 Å². The smallest absolute Gasteiger partial charge is 0.362 e. The topological polar surface area (TPSA) is 41.9 Å². The SMILES string of the molecule is CCCCC(=O)N1CC2(C1)OCc1cc(C3=NS[C@@](c4cc(Cl)c(F)c(Cl)c4)(C(F)(F)F)C3)ccc12. The van der Waals surface area contributed by atoms with Crippen LogP contribution in [0.4, 0.5) is 17.6 Å². The monoisotopic (exact) mass is 560 g/mol. The number of nitrogens with zero attached hydrogens (tertiary/aromatic N) is 2. The van der Waals surface area contributed by atoms with Gasteiger partial charge in [-0.3, -0.25) is 4.79 Å². The number of carbonyl (C=O) groups is 1. The van der Waals surface area contributed by atoms with E-state index in [2.05, 4.69) is 4.40 Å². The van der Waals surface area contributed by atoms with Crippen molar-refractivity contribution in [3.63, 3.8) is 0 Å². The molecule has 36 heavy (non-hydrogen) atoms. The van der Waals surface area contributed by atoms with Crippen molar-refractivity contribution in [1.82, 2.24) is 4.90 Å². The van der Waals surface area contributed by atoms with E-state index in [0.29, 0.717) is 43.6 Å². The molecular weight excluding hydrogens is 539 g/mol. The van der Waals surface area contributed by atoms with Gasteiger partial charge in [-0.15, -0.1) is 0 Å². The normalized spacial score (nSPS) is 22.5. The number of ether oxygens (including phenoxy) is 1. The summed E-state index contributed by atoms with van der Waals surface area (Å²) in [6.45, 7) is 3.30. The number of alkyl halides is 3. The molecular formula is C25H22Cl2F4N2O2S. The molecule has 0 bridgehead atoms. The zero-order chi connectivity index (χ0) is 25.9. The molecule has 1 amide bonds. The molecule has 1 spiro atoms. The second-order valence-corrected chi connectivity index (χ2v) is 11.3. The Labute approximate surface area is 220 Å². The first-order valence-electron chi connectivity index (χ1n) is 11.5. The van der Waals surface area contributed by atoms with Crippen molar-refractivity contribution in [2.24, 2.45) is 4.40 Å². The summed E-state index contributed by atoms with van der Waals surface area (Å²) in [4.78, 5) is 14.1. The first kappa shape index (κ1) is 25.8. The molecule has 3 heterocycles. The predicted octanol–water partition coefficient (Wildman–Crippen LogP) is 7.19. The second kappa shape index (κ2) is 9.19. The summed E-state index contributed by atoms with van der Waals surface area (Å²) in [5, 5.41) is -0.948. The summed E-state index contributed by atoms with van der Waals surface area (Å²) < 4.78 is 64.9. The van der Waals surface area contributed by atoms with E-state index in [1.165, 1.54) is 0 Å². The Bertz CT molecular complexity index is 1240. The van der Waals surface area contributed by atoms with Crippen LogP contribution in [-0.2, 0) is 26.5 Å². The van der Waals surface area contributed by atoms with Crippen LogP contribution in [0.3, 0.4) is 0 Å². The van der Waals surface area contributed by atoms with Gasteiger partial charge in [-0.2, -0.15) is 13.2 Å². The van der Waals surface area contributed by atoms with E-state index in [0.717, 1.165) is 36.1 Å². The van der Waals surface area contributed by atoms with Gasteiger partial charge in [0.05, 0.1) is 35.5 Å². The maximum absolute atomic E-state index is 14.4. The highest BCUT2D eigenvalue weighted by molar-refractivity contribution is 7.99. The van der Waals surface area contributed by atoms with Crippen molar-refractivity contribution in [2.75, 3.05) is 13.1 Å². The van der Waals surface area contributed by atoms with E-state index >= 15 is 0 Å². The Morgan fingerprint density at radius 2 is 1.89 bits per heavy atom. The molecule has 0 aliphatic carbocycles. The first-order valence-corrected chi connectivity index (χ1v) is 13.0. The highest BCUT2D eigenvalue weighted by Gasteiger charge is 2.60. The minimum atomic E-state index is -4.70. The fourth-order valence-corrected chi connectivity index (χ4v) is 6.42. The Morgan fingerprint density at radius 1 is 1.19 bits per heavy atom. The van der Waals surface area contributed by atoms with Crippen LogP contribution in [0.5, 0.6) is 0 Å². The van der Waals surface area contributed by atoms with Crippen molar-refractivity contribution < 1.29 is 27.1 Å². The minimum Gasteiger partial charge on any atom is -0.362 e. The van der Waals surface area contributed by atoms with E-state index in [1.807, 2.05) is 19.1 Å². The molecule has 3 aliphatic heterocycles. The summed E-state index contributed by atoms with van der Waals surface area (Å²) in [6.07, 6.45) is -2.84. The fourth-order valence-electron chi connectivity index (χ4n) is 4.97. The molecule has 1 saturated heterocycles. The molecule has 1 fully saturated rings. The van der Waals surface area contributed by atoms with Crippen molar-refractivity contribution in [3.8, 4) is 0 Å². The van der Waals surface area contributed by atoms with Crippen LogP contribution in [0.1, 0.15) is 54.9 Å². The van der Waals surface area contributed by atoms with Gasteiger partial charge in [0.25, 0.3) is 0 Å². The van der Waals surface area contributed by atoms with Crippen LogP contribution in [0.2, 0.25) is 10.0 Å². The number of amides is 1. The Kier molecular flexibility index (Phi) is 6.59. The lowest BCUT2D eigenvalue weighted by atomic mass is 9.83. The summed E-state index contributed by atoms with van der Waals surface area (Å²) in [5.41, 5.74) is 1.85. The first-order chi connectivity index (χ1) is 17.0. The number of hydrogen-bond acceptors (Lipinski definition) is 4. The zero-order valence-electron chi connectivity index (χ0n) is 19.2. The molecule has 2 aromatic carbocycles. The molecule has 0 radical (unpaired) electrons. The van der Waals surface area contributed by atoms with Crippen LogP contribution < -0.4 is 0 Å². The lowest BCUT2D eigenvalue weighted by molar-refractivity contribution is -0.168. The summed E-state index contributed by atoms with van der Waals surface area (Å²) in [6, 6.07) is 7.34. The quantitative estimate of drug-likeness (QED) is 0.221. The van der Waals surface area contributed by atoms with Gasteiger partial charge < -0.3 is 9.64 Å². The molecule has 1 atom stereocenters. The van der Waals surface area contributed by atoms with Crippen LogP contribution in [-0.4, -0.2) is 35.8 Å². The average molecular weight is 561 g/mol. The number of benzene rings is 2. The minimum absolute atomic E-state index is 0.109. The number of rotatable bonds is 5. The highest BCUT2D eigenvalue weighted by atomic mass is 35.5. The number of likely N-dealkylation sites (tertiary alicyclic amines) is 1. The molecule has 0 saturated carbocycles. The predicted molar refractivity (Wildman–Crippen MR) is 132 cm³/mol. The molecule has 192 valence electrons. The molecule has 4 nitrogen and oxygen atoms in total. The van der Waals surface area contributed by atoms with E-state index in [9.17, 15) is 22.4 Å². The summed E-state index contributed by atoms with van der Waals surface area (Å²) in [5.74, 6) is -0.851. The van der Waals surface area contributed by atoms with Crippen molar-refractivity contribution in [3.05, 3.63) is 68.4 Å². The highest BCUT2D eigenvalue weighted by Crippen LogP contribution is 2.57. The van der Waals surface area contributed by atoms with Crippen molar-refractivity contribution in [1.29, 1.82) is 0 Å². The molecule has 5 rings (SSSR count). The number of hydrogen-bond donors (Lipinski definition) is 0. The van der Waals surface area contributed by atoms with Gasteiger partial charge in [0.2, 0.25) is 5.91 Å². The van der Waals surface area contributed by atoms with Crippen LogP contribution in [0.15, 0.2) is 34.7 Å². The summed E-state index contributed by atoms with van der Waals surface area (Å²) in [7, 11) is 0. The van der Waals surface area contributed by atoms with E-state index in [1.54, 1.807) is 11.0 Å². The maximum Gasteiger partial charge on any atom is 0.409 e. The third-order valence-corrected chi connectivity index (χ3v) is 8.84. The maximum atomic E-state index is 14.4. The number of halogens is 6. The lowest BCUT2D eigenvalue weighted by Crippen LogP contribution is -2.61. The van der Waals surface area contributed by atoms with Crippen molar-refractivity contribution in [2.45, 2.75) is 55.7 Å². The molecule has 0 aromatic heterocycles. The number of carbonyl (C=O) groups excluding carboxylic acids is 1. The lowest BCUT2D eigenvalue weighted by Gasteiger charge is -2.47. The molecule has 3 aliphatic rings. The fraction of sp³-hybridized carbons (Fsp3) is 0.440. The average Bonchev–Trinajstić information content (AvgIpc) is 3.42. The van der Waals surface area contributed by atoms with E-state index in [4.69, 9.17) is 27.9 Å². The zero-order valence-corrected chi connectivity index (χ0v) is 21.6. The number of fused-ring (bicyclic) bond motifs is 2. The standard InChI is InChI=1S/C25H22Cl2F4N2O2S/c1-2-3-4-21(34)33-12-23(13-33)17-6-5-14(7-15(17)11-35-23)20-10-24(36-32-20,25(29,30)31)16-8-18(26)22(28)19(27)9-16/h5-9H,2-4,10-13H2,1H3/t24-/m0/s1. The van der Waals surface area contributed by atoms with Crippen LogP contribution in [0.25, 0.3) is 0 Å². The van der Waals surface area contributed by atoms with Gasteiger partial charge in [-0.25, -0.2) is 8.79 Å². The third-order valence-electron chi connectivity index (χ3n) is 7.06. The van der Waals surface area contributed by atoms with Gasteiger partial charge in [-0.05, 0) is 58.8 Å². The van der Waals surface area contributed by atoms with E-state index < -0.39 is 38.8 Å². The van der Waals surface area contributed by atoms with Gasteiger partial charge in [0.1, 0.15) is 5.60 Å². The third kappa shape index (κ3) is 4.12. The Hall–Kier alpha value is -1.81. The molecule has 2 aromatic rings. The molecule has 0 unspecified atom stereocenters. The second-order valence-electron chi connectivity index (χ2n) is 9.39. The summed E-state index contributed by atoms with van der Waals surface area (Å²) >= 11 is 12.0. The van der Waals surface area contributed by atoms with Gasteiger partial charge in [0.15, 0.2) is 10.6 Å². The molecule has 11 heteroatoms. The largest absolute Gasteiger partial charge is 0.409 e. The Balaban J connectivity index is 1.38. The molecule has 0 N–H and O–H groups in total. The van der Waals surface area contributed by atoms with Gasteiger partial charge >= 0.3 is 6.18 Å². The Morgan fingerprint density at radius 3 is 2.53 bits per heavy atom. The van der Waals surface area contributed by atoms with Crippen molar-refractivity contribution >= 4 is 46.8 Å². The van der Waals surface area contributed by atoms with Gasteiger partial charge in [0, 0.05) is 12.8 Å². The number of unbranched alkanes of at least 4 members (excludes halogenated alkanes) is 1. The van der Waals surface area contributed by atoms with E-state index in [-0.39, 0.29) is 17.2 Å².